The van der Waals surface area contributed by atoms with E-state index in [1.807, 2.05) is 12.1 Å². The normalized spacial score (nSPS) is 14.9. The number of H-pyrrole nitrogens is 1. The number of aliphatic carboxylic acids is 2. The Morgan fingerprint density at radius 2 is 1.60 bits per heavy atom. The molecule has 0 aliphatic carbocycles. The van der Waals surface area contributed by atoms with Crippen molar-refractivity contribution in [1.82, 2.24) is 20.9 Å². The third-order valence-electron chi connectivity index (χ3n) is 6.36. The van der Waals surface area contributed by atoms with E-state index in [0.29, 0.717) is 31.4 Å². The molecular weight excluding hydrogens is 524 g/mol. The van der Waals surface area contributed by atoms with Crippen LogP contribution in [0.3, 0.4) is 0 Å². The van der Waals surface area contributed by atoms with Gasteiger partial charge < -0.3 is 47.7 Å². The molecule has 5 atom stereocenters. The van der Waals surface area contributed by atoms with Gasteiger partial charge in [0, 0.05) is 29.9 Å². The minimum absolute atomic E-state index is 0.0785. The lowest BCUT2D eigenvalue weighted by Gasteiger charge is -2.26. The number of para-hydroxylation sites is 1. The van der Waals surface area contributed by atoms with E-state index in [4.69, 9.17) is 16.6 Å². The first-order chi connectivity index (χ1) is 18.9. The van der Waals surface area contributed by atoms with Gasteiger partial charge in [-0.15, -0.1) is 0 Å². The van der Waals surface area contributed by atoms with Crippen LogP contribution in [0.15, 0.2) is 30.5 Å². The van der Waals surface area contributed by atoms with Gasteiger partial charge in [0.05, 0.1) is 12.1 Å². The van der Waals surface area contributed by atoms with Crippen LogP contribution in [-0.4, -0.2) is 86.8 Å². The number of rotatable bonds is 17. The molecule has 220 valence electrons. The average Bonchev–Trinajstić information content (AvgIpc) is 3.31. The van der Waals surface area contributed by atoms with Crippen molar-refractivity contribution in [1.29, 1.82) is 0 Å². The van der Waals surface area contributed by atoms with E-state index < -0.39 is 66.4 Å². The third kappa shape index (κ3) is 9.63. The fourth-order valence-electron chi connectivity index (χ4n) is 4.10. The largest absolute Gasteiger partial charge is 0.481 e. The van der Waals surface area contributed by atoms with E-state index in [9.17, 15) is 34.2 Å². The Bertz CT molecular complexity index is 1180. The maximum absolute atomic E-state index is 13.0. The maximum atomic E-state index is 13.0. The van der Waals surface area contributed by atoms with Gasteiger partial charge in [0.25, 0.3) is 0 Å². The standard InChI is InChI=1S/C26H38N6O8/c1-14(33)22(25(38)31-20(26(39)40)12-15-13-29-18-8-3-2-6-16(15)18)32-24(37)19(9-10-21(34)35)30-23(36)17(28)7-4-5-11-27/h2-3,6,8,13-14,17,19-20,22,29,33H,4-5,7,9-12,27-28H2,1H3,(H,30,36)(H,31,38)(H,32,37)(H,34,35)(H,39,40). The van der Waals surface area contributed by atoms with Gasteiger partial charge in [-0.05, 0) is 44.4 Å². The van der Waals surface area contributed by atoms with Crippen LogP contribution in [0.25, 0.3) is 10.9 Å². The summed E-state index contributed by atoms with van der Waals surface area (Å²) in [6.45, 7) is 1.64. The van der Waals surface area contributed by atoms with Gasteiger partial charge in [-0.3, -0.25) is 19.2 Å². The number of aliphatic hydroxyl groups is 1. The van der Waals surface area contributed by atoms with Crippen LogP contribution in [-0.2, 0) is 30.4 Å². The number of nitrogens with two attached hydrogens (primary N) is 2. The second kappa shape index (κ2) is 15.5. The molecule has 0 fully saturated rings. The number of aromatic nitrogens is 1. The number of carbonyl (C=O) groups is 5. The van der Waals surface area contributed by atoms with Crippen molar-refractivity contribution in [2.24, 2.45) is 11.5 Å². The number of carbonyl (C=O) groups excluding carboxylic acids is 3. The van der Waals surface area contributed by atoms with Gasteiger partial charge in [0.1, 0.15) is 18.1 Å². The van der Waals surface area contributed by atoms with Gasteiger partial charge in [0.2, 0.25) is 17.7 Å². The second-order valence-corrected chi connectivity index (χ2v) is 9.57. The molecule has 0 radical (unpaired) electrons. The van der Waals surface area contributed by atoms with Crippen molar-refractivity contribution in [3.05, 3.63) is 36.0 Å². The summed E-state index contributed by atoms with van der Waals surface area (Å²) < 4.78 is 0. The van der Waals surface area contributed by atoms with E-state index in [1.54, 1.807) is 18.3 Å². The minimum atomic E-state index is -1.60. The summed E-state index contributed by atoms with van der Waals surface area (Å²) in [6.07, 6.45) is 0.829. The summed E-state index contributed by atoms with van der Waals surface area (Å²) in [5.74, 6) is -5.15. The SMILES string of the molecule is CC(O)C(NC(=O)C(CCC(=O)O)NC(=O)C(N)CCCCN)C(=O)NC(Cc1c[nH]c2ccccc12)C(=O)O. The van der Waals surface area contributed by atoms with Gasteiger partial charge in [-0.2, -0.15) is 0 Å². The Morgan fingerprint density at radius 1 is 0.925 bits per heavy atom. The number of hydrogen-bond acceptors (Lipinski definition) is 8. The molecule has 1 aromatic heterocycles. The number of hydrogen-bond donors (Lipinski definition) is 9. The molecule has 0 bridgehead atoms. The molecule has 0 saturated heterocycles. The number of amides is 3. The number of carboxylic acid groups (broad SMARTS) is 2. The van der Waals surface area contributed by atoms with Crippen molar-refractivity contribution >= 4 is 40.6 Å². The topological polar surface area (TPSA) is 250 Å². The van der Waals surface area contributed by atoms with E-state index in [1.165, 1.54) is 6.92 Å². The number of carboxylic acids is 2. The van der Waals surface area contributed by atoms with Crippen LogP contribution in [0.5, 0.6) is 0 Å². The molecule has 0 aliphatic heterocycles. The molecule has 14 heteroatoms. The fraction of sp³-hybridized carbons (Fsp3) is 0.500. The third-order valence-corrected chi connectivity index (χ3v) is 6.36. The summed E-state index contributed by atoms with van der Waals surface area (Å²) in [6, 6.07) is 1.90. The number of nitrogens with one attached hydrogen (secondary N) is 4. The molecule has 40 heavy (non-hydrogen) atoms. The number of fused-ring (bicyclic) bond motifs is 1. The van der Waals surface area contributed by atoms with Gasteiger partial charge in [-0.25, -0.2) is 4.79 Å². The molecule has 5 unspecified atom stereocenters. The zero-order valence-electron chi connectivity index (χ0n) is 22.3. The first-order valence-corrected chi connectivity index (χ1v) is 13.0. The molecule has 14 nitrogen and oxygen atoms in total. The molecule has 1 aromatic carbocycles. The van der Waals surface area contributed by atoms with E-state index in [2.05, 4.69) is 20.9 Å². The lowest BCUT2D eigenvalue weighted by Crippen LogP contribution is -2.60. The highest BCUT2D eigenvalue weighted by Crippen LogP contribution is 2.19. The summed E-state index contributed by atoms with van der Waals surface area (Å²) in [5.41, 5.74) is 12.7. The highest BCUT2D eigenvalue weighted by atomic mass is 16.4. The molecule has 0 aliphatic rings. The Morgan fingerprint density at radius 3 is 2.23 bits per heavy atom. The number of aliphatic hydroxyl groups excluding tert-OH is 1. The van der Waals surface area contributed by atoms with E-state index >= 15 is 0 Å². The lowest BCUT2D eigenvalue weighted by atomic mass is 10.0. The molecule has 11 N–H and O–H groups in total. The van der Waals surface area contributed by atoms with Crippen LogP contribution in [0.1, 0.15) is 44.6 Å². The number of benzene rings is 1. The highest BCUT2D eigenvalue weighted by molar-refractivity contribution is 5.94. The Labute approximate surface area is 230 Å². The van der Waals surface area contributed by atoms with Gasteiger partial charge >= 0.3 is 11.9 Å². The average molecular weight is 563 g/mol. The Balaban J connectivity index is 2.13. The van der Waals surface area contributed by atoms with Crippen LogP contribution in [0.2, 0.25) is 0 Å². The minimum Gasteiger partial charge on any atom is -0.481 e. The zero-order valence-corrected chi connectivity index (χ0v) is 22.3. The van der Waals surface area contributed by atoms with Crippen molar-refractivity contribution in [2.45, 2.75) is 75.7 Å². The van der Waals surface area contributed by atoms with Crippen molar-refractivity contribution in [3.63, 3.8) is 0 Å². The molecule has 0 saturated carbocycles. The zero-order chi connectivity index (χ0) is 29.8. The molecule has 1 heterocycles. The second-order valence-electron chi connectivity index (χ2n) is 9.57. The van der Waals surface area contributed by atoms with Crippen molar-refractivity contribution < 1.29 is 39.3 Å². The monoisotopic (exact) mass is 562 g/mol. The highest BCUT2D eigenvalue weighted by Gasteiger charge is 2.33. The first kappa shape index (κ1) is 32.2. The molecule has 2 aromatic rings. The molecule has 0 spiro atoms. The van der Waals surface area contributed by atoms with Crippen LogP contribution >= 0.6 is 0 Å². The van der Waals surface area contributed by atoms with Crippen LogP contribution in [0, 0.1) is 0 Å². The predicted octanol–water partition coefficient (Wildman–Crippen LogP) is -1.05. The smallest absolute Gasteiger partial charge is 0.326 e. The predicted molar refractivity (Wildman–Crippen MR) is 145 cm³/mol. The maximum Gasteiger partial charge on any atom is 0.326 e. The summed E-state index contributed by atoms with van der Waals surface area (Å²) in [4.78, 5) is 64.7. The van der Waals surface area contributed by atoms with Crippen LogP contribution < -0.4 is 27.4 Å². The van der Waals surface area contributed by atoms with Gasteiger partial charge in [-0.1, -0.05) is 24.6 Å². The molecule has 3 amide bonds. The number of unbranched alkanes of at least 4 members (excludes halogenated alkanes) is 1. The van der Waals surface area contributed by atoms with Crippen LogP contribution in [0.4, 0.5) is 0 Å². The van der Waals surface area contributed by atoms with Crippen molar-refractivity contribution in [3.8, 4) is 0 Å². The summed E-state index contributed by atoms with van der Waals surface area (Å²) >= 11 is 0. The van der Waals surface area contributed by atoms with Gasteiger partial charge in [0.15, 0.2) is 0 Å². The summed E-state index contributed by atoms with van der Waals surface area (Å²) in [5, 5.41) is 36.9. The van der Waals surface area contributed by atoms with E-state index in [0.717, 1.165) is 10.9 Å². The first-order valence-electron chi connectivity index (χ1n) is 13.0. The fourth-order valence-corrected chi connectivity index (χ4v) is 4.10. The Hall–Kier alpha value is -4.01. The molecule has 2 rings (SSSR count). The quantitative estimate of drug-likeness (QED) is 0.106. The number of aromatic amines is 1. The van der Waals surface area contributed by atoms with E-state index in [-0.39, 0.29) is 12.8 Å². The molecular formula is C26H38N6O8. The Kier molecular flexibility index (Phi) is 12.5. The summed E-state index contributed by atoms with van der Waals surface area (Å²) in [7, 11) is 0. The lowest BCUT2D eigenvalue weighted by molar-refractivity contribution is -0.143. The van der Waals surface area contributed by atoms with Crippen molar-refractivity contribution in [2.75, 3.05) is 6.54 Å².